The van der Waals surface area contributed by atoms with E-state index in [1.165, 1.54) is 11.5 Å². The van der Waals surface area contributed by atoms with Crippen molar-refractivity contribution in [3.05, 3.63) is 11.1 Å². The number of hydrogen-bond donors (Lipinski definition) is 0. The second-order valence-corrected chi connectivity index (χ2v) is 2.45. The van der Waals surface area contributed by atoms with Crippen LogP contribution < -0.4 is 0 Å². The van der Waals surface area contributed by atoms with Crippen molar-refractivity contribution in [2.24, 2.45) is 0 Å². The summed E-state index contributed by atoms with van der Waals surface area (Å²) in [5.74, 6) is 0. The van der Waals surface area contributed by atoms with E-state index in [1.54, 1.807) is 5.38 Å². The summed E-state index contributed by atoms with van der Waals surface area (Å²) in [6, 6.07) is 0. The minimum Gasteiger partial charge on any atom is -0.301 e. The summed E-state index contributed by atoms with van der Waals surface area (Å²) in [5.41, 5.74) is 0.525. The second kappa shape index (κ2) is 2.89. The summed E-state index contributed by atoms with van der Waals surface area (Å²) in [5, 5.41) is 4.60. The molecule has 1 aromatic heterocycles. The highest BCUT2D eigenvalue weighted by Gasteiger charge is 2.07. The van der Waals surface area contributed by atoms with Crippen molar-refractivity contribution in [2.75, 3.05) is 0 Å². The zero-order valence-corrected chi connectivity index (χ0v) is 5.89. The van der Waals surface area contributed by atoms with Gasteiger partial charge in [0.25, 0.3) is 0 Å². The number of hydrogen-bond acceptors (Lipinski definition) is 4. The maximum absolute atomic E-state index is 10.0. The molecule has 9 heavy (non-hydrogen) atoms. The third-order valence-corrected chi connectivity index (χ3v) is 1.63. The number of halogens is 1. The van der Waals surface area contributed by atoms with Gasteiger partial charge in [0.05, 0.1) is 0 Å². The van der Waals surface area contributed by atoms with Gasteiger partial charge in [0.15, 0.2) is 0 Å². The first kappa shape index (κ1) is 6.64. The zero-order valence-electron chi connectivity index (χ0n) is 4.32. The van der Waals surface area contributed by atoms with Crippen molar-refractivity contribution in [1.29, 1.82) is 0 Å². The molecule has 1 atom stereocenters. The smallest absolute Gasteiger partial charge is 0.144 e. The van der Waals surface area contributed by atoms with Gasteiger partial charge in [0.1, 0.15) is 17.4 Å². The molecule has 0 saturated carbocycles. The Morgan fingerprint density at radius 2 is 2.67 bits per heavy atom. The van der Waals surface area contributed by atoms with Crippen molar-refractivity contribution < 1.29 is 4.79 Å². The van der Waals surface area contributed by atoms with Crippen molar-refractivity contribution in [1.82, 2.24) is 9.59 Å². The topological polar surface area (TPSA) is 42.9 Å². The molecular weight excluding hydrogens is 160 g/mol. The second-order valence-electron chi connectivity index (χ2n) is 1.37. The van der Waals surface area contributed by atoms with Gasteiger partial charge in [-0.25, -0.2) is 0 Å². The van der Waals surface area contributed by atoms with Crippen LogP contribution in [0.25, 0.3) is 0 Å². The molecular formula is C4H3ClN2OS. The quantitative estimate of drug-likeness (QED) is 0.482. The van der Waals surface area contributed by atoms with E-state index in [2.05, 4.69) is 9.59 Å². The number of aromatic nitrogens is 2. The van der Waals surface area contributed by atoms with Gasteiger partial charge in [-0.1, -0.05) is 4.49 Å². The van der Waals surface area contributed by atoms with E-state index < -0.39 is 5.38 Å². The predicted molar refractivity (Wildman–Crippen MR) is 34.6 cm³/mol. The fourth-order valence-electron chi connectivity index (χ4n) is 0.362. The van der Waals surface area contributed by atoms with Gasteiger partial charge in [-0.2, -0.15) is 0 Å². The predicted octanol–water partition coefficient (Wildman–Crippen LogP) is 1.02. The summed E-state index contributed by atoms with van der Waals surface area (Å²) in [6.45, 7) is 0. The summed E-state index contributed by atoms with van der Waals surface area (Å²) < 4.78 is 3.54. The Hall–Kier alpha value is -0.480. The monoisotopic (exact) mass is 162 g/mol. The molecule has 0 aliphatic rings. The maximum Gasteiger partial charge on any atom is 0.144 e. The van der Waals surface area contributed by atoms with Crippen LogP contribution >= 0.6 is 23.1 Å². The summed E-state index contributed by atoms with van der Waals surface area (Å²) >= 11 is 6.65. The van der Waals surface area contributed by atoms with Gasteiger partial charge in [0, 0.05) is 5.38 Å². The Bertz CT molecular complexity index is 188. The molecule has 0 radical (unpaired) electrons. The Balaban J connectivity index is 2.76. The Kier molecular flexibility index (Phi) is 2.13. The summed E-state index contributed by atoms with van der Waals surface area (Å²) in [4.78, 5) is 10.0. The summed E-state index contributed by atoms with van der Waals surface area (Å²) in [7, 11) is 0. The van der Waals surface area contributed by atoms with E-state index >= 15 is 0 Å². The number of carbonyl (C=O) groups excluding carboxylic acids is 1. The van der Waals surface area contributed by atoms with Crippen LogP contribution in [-0.2, 0) is 4.79 Å². The van der Waals surface area contributed by atoms with Crippen molar-refractivity contribution in [3.8, 4) is 0 Å². The van der Waals surface area contributed by atoms with Crippen LogP contribution in [0.1, 0.15) is 11.1 Å². The van der Waals surface area contributed by atoms with Crippen LogP contribution in [0.15, 0.2) is 5.38 Å². The van der Waals surface area contributed by atoms with E-state index in [1.807, 2.05) is 0 Å². The molecule has 0 bridgehead atoms. The molecule has 3 nitrogen and oxygen atoms in total. The first-order valence-electron chi connectivity index (χ1n) is 2.21. The fourth-order valence-corrected chi connectivity index (χ4v) is 1.03. The van der Waals surface area contributed by atoms with Gasteiger partial charge < -0.3 is 4.79 Å². The molecule has 0 aliphatic carbocycles. The lowest BCUT2D eigenvalue weighted by Crippen LogP contribution is -1.90. The fraction of sp³-hybridized carbons (Fsp3) is 0.250. The third-order valence-electron chi connectivity index (χ3n) is 0.779. The van der Waals surface area contributed by atoms with Crippen LogP contribution in [0.3, 0.4) is 0 Å². The third kappa shape index (κ3) is 1.46. The molecule has 48 valence electrons. The minimum atomic E-state index is -0.635. The Morgan fingerprint density at radius 3 is 3.11 bits per heavy atom. The van der Waals surface area contributed by atoms with Crippen LogP contribution in [0.2, 0.25) is 0 Å². The molecule has 1 rings (SSSR count). The lowest BCUT2D eigenvalue weighted by molar-refractivity contribution is -0.107. The highest BCUT2D eigenvalue weighted by Crippen LogP contribution is 2.14. The minimum absolute atomic E-state index is 0.525. The van der Waals surface area contributed by atoms with E-state index in [9.17, 15) is 4.79 Å². The molecule has 0 amide bonds. The standard InChI is InChI=1S/C4H3ClN2OS/c5-3(1-8)4-2-9-7-6-4/h1-3H. The van der Waals surface area contributed by atoms with Gasteiger partial charge in [-0.05, 0) is 11.5 Å². The molecule has 1 aromatic rings. The maximum atomic E-state index is 10.0. The number of alkyl halides is 1. The zero-order chi connectivity index (χ0) is 6.69. The SMILES string of the molecule is O=CC(Cl)c1csnn1. The van der Waals surface area contributed by atoms with Gasteiger partial charge in [0.2, 0.25) is 0 Å². The van der Waals surface area contributed by atoms with Crippen molar-refractivity contribution in [2.45, 2.75) is 5.38 Å². The Morgan fingerprint density at radius 1 is 1.89 bits per heavy atom. The normalized spacial score (nSPS) is 13.0. The summed E-state index contributed by atoms with van der Waals surface area (Å²) in [6.07, 6.45) is 0.623. The molecule has 0 spiro atoms. The number of nitrogens with zero attached hydrogens (tertiary/aromatic N) is 2. The van der Waals surface area contributed by atoms with Gasteiger partial charge in [-0.15, -0.1) is 16.7 Å². The van der Waals surface area contributed by atoms with E-state index in [0.29, 0.717) is 12.0 Å². The van der Waals surface area contributed by atoms with Gasteiger partial charge >= 0.3 is 0 Å². The average Bonchev–Trinajstić information content (AvgIpc) is 2.37. The van der Waals surface area contributed by atoms with Crippen LogP contribution in [0.5, 0.6) is 0 Å². The van der Waals surface area contributed by atoms with Crippen LogP contribution in [-0.4, -0.2) is 15.9 Å². The van der Waals surface area contributed by atoms with Crippen molar-refractivity contribution in [3.63, 3.8) is 0 Å². The molecule has 1 unspecified atom stereocenters. The first-order valence-corrected chi connectivity index (χ1v) is 3.48. The molecule has 0 aliphatic heterocycles. The lowest BCUT2D eigenvalue weighted by atomic mass is 10.4. The van der Waals surface area contributed by atoms with Gasteiger partial charge in [-0.3, -0.25) is 0 Å². The molecule has 0 aromatic carbocycles. The molecule has 5 heteroatoms. The van der Waals surface area contributed by atoms with E-state index in [-0.39, 0.29) is 0 Å². The average molecular weight is 163 g/mol. The molecule has 0 saturated heterocycles. The molecule has 1 heterocycles. The molecule has 0 N–H and O–H groups in total. The molecule has 0 fully saturated rings. The highest BCUT2D eigenvalue weighted by molar-refractivity contribution is 7.03. The first-order chi connectivity index (χ1) is 4.34. The largest absolute Gasteiger partial charge is 0.301 e. The van der Waals surface area contributed by atoms with Crippen LogP contribution in [0, 0.1) is 0 Å². The van der Waals surface area contributed by atoms with Crippen molar-refractivity contribution >= 4 is 29.4 Å². The van der Waals surface area contributed by atoms with E-state index in [0.717, 1.165) is 0 Å². The lowest BCUT2D eigenvalue weighted by Gasteiger charge is -1.89. The van der Waals surface area contributed by atoms with E-state index in [4.69, 9.17) is 11.6 Å². The number of carbonyl (C=O) groups is 1. The number of rotatable bonds is 2. The van der Waals surface area contributed by atoms with Crippen LogP contribution in [0.4, 0.5) is 0 Å². The highest BCUT2D eigenvalue weighted by atomic mass is 35.5. The Labute approximate surface area is 60.8 Å². The number of aldehydes is 1.